The van der Waals surface area contributed by atoms with E-state index in [1.165, 1.54) is 19.3 Å². The zero-order chi connectivity index (χ0) is 8.39. The van der Waals surface area contributed by atoms with E-state index in [-0.39, 0.29) is 6.10 Å². The number of hydrogen-bond acceptors (Lipinski definition) is 2. The molecule has 1 aliphatic heterocycles. The van der Waals surface area contributed by atoms with Crippen LogP contribution >= 0.6 is 0 Å². The monoisotopic (exact) mass is 167 g/mol. The molecule has 1 saturated carbocycles. The fourth-order valence-electron chi connectivity index (χ4n) is 1.82. The minimum absolute atomic E-state index is 0.0650. The molecule has 1 aliphatic carbocycles. The third-order valence-electron chi connectivity index (χ3n) is 2.88. The Bertz CT molecular complexity index is 182. The Labute approximate surface area is 73.9 Å². The Morgan fingerprint density at radius 3 is 2.83 bits per heavy atom. The van der Waals surface area contributed by atoms with Gasteiger partial charge in [0.15, 0.2) is 0 Å². The second kappa shape index (κ2) is 3.58. The molecule has 12 heavy (non-hydrogen) atoms. The number of hydrogen-bond donors (Lipinski definition) is 1. The summed E-state index contributed by atoms with van der Waals surface area (Å²) in [6, 6.07) is 0. The molecule has 2 aliphatic rings. The summed E-state index contributed by atoms with van der Waals surface area (Å²) in [6.07, 6.45) is 7.26. The second-order valence-corrected chi connectivity index (χ2v) is 3.92. The Kier molecular flexibility index (Phi) is 2.47. The molecule has 2 heteroatoms. The Hall–Kier alpha value is -0.340. The smallest absolute Gasteiger partial charge is 0.0679 e. The molecule has 68 valence electrons. The van der Waals surface area contributed by atoms with Crippen molar-refractivity contribution in [2.45, 2.75) is 31.8 Å². The molecule has 2 nitrogen and oxygen atoms in total. The Morgan fingerprint density at radius 1 is 1.50 bits per heavy atom. The fourth-order valence-corrected chi connectivity index (χ4v) is 1.82. The molecular formula is C10H17NO. The van der Waals surface area contributed by atoms with Crippen molar-refractivity contribution in [1.82, 2.24) is 4.90 Å². The summed E-state index contributed by atoms with van der Waals surface area (Å²) in [7, 11) is 0. The van der Waals surface area contributed by atoms with Crippen molar-refractivity contribution in [2.75, 3.05) is 19.6 Å². The third kappa shape index (κ3) is 1.87. The average molecular weight is 167 g/mol. The van der Waals surface area contributed by atoms with Crippen LogP contribution < -0.4 is 0 Å². The van der Waals surface area contributed by atoms with Crippen molar-refractivity contribution in [3.05, 3.63) is 11.6 Å². The maximum Gasteiger partial charge on any atom is 0.0679 e. The van der Waals surface area contributed by atoms with Crippen LogP contribution in [-0.4, -0.2) is 35.7 Å². The highest BCUT2D eigenvalue weighted by Gasteiger charge is 2.19. The fraction of sp³-hybridized carbons (Fsp3) is 0.800. The van der Waals surface area contributed by atoms with Crippen molar-refractivity contribution in [2.24, 2.45) is 0 Å². The van der Waals surface area contributed by atoms with Crippen LogP contribution in [-0.2, 0) is 0 Å². The van der Waals surface area contributed by atoms with E-state index in [9.17, 15) is 5.11 Å². The molecule has 2 fully saturated rings. The largest absolute Gasteiger partial charge is 0.392 e. The van der Waals surface area contributed by atoms with Crippen LogP contribution in [0, 0.1) is 0 Å². The predicted octanol–water partition coefficient (Wildman–Crippen LogP) is 1.16. The van der Waals surface area contributed by atoms with Crippen molar-refractivity contribution < 1.29 is 5.11 Å². The van der Waals surface area contributed by atoms with Crippen LogP contribution in [0.4, 0.5) is 0 Å². The number of rotatable bonds is 2. The van der Waals surface area contributed by atoms with Crippen LogP contribution in [0.2, 0.25) is 0 Å². The topological polar surface area (TPSA) is 23.5 Å². The van der Waals surface area contributed by atoms with Gasteiger partial charge in [0.1, 0.15) is 0 Å². The van der Waals surface area contributed by atoms with Gasteiger partial charge in [-0.1, -0.05) is 11.6 Å². The van der Waals surface area contributed by atoms with Gasteiger partial charge in [-0.25, -0.2) is 0 Å². The average Bonchev–Trinajstić information content (AvgIpc) is 2.32. The van der Waals surface area contributed by atoms with Gasteiger partial charge < -0.3 is 5.11 Å². The first kappa shape index (κ1) is 8.27. The van der Waals surface area contributed by atoms with Crippen LogP contribution in [0.5, 0.6) is 0 Å². The van der Waals surface area contributed by atoms with Gasteiger partial charge in [0.2, 0.25) is 0 Å². The van der Waals surface area contributed by atoms with E-state index in [4.69, 9.17) is 0 Å². The molecule has 1 N–H and O–H groups in total. The van der Waals surface area contributed by atoms with E-state index in [1.807, 2.05) is 0 Å². The minimum atomic E-state index is -0.0650. The zero-order valence-corrected chi connectivity index (χ0v) is 7.50. The lowest BCUT2D eigenvalue weighted by atomic mass is 9.92. The van der Waals surface area contributed by atoms with E-state index >= 15 is 0 Å². The number of aliphatic hydroxyl groups is 1. The van der Waals surface area contributed by atoms with Gasteiger partial charge in [0, 0.05) is 19.6 Å². The normalized spacial score (nSPS) is 30.4. The van der Waals surface area contributed by atoms with Crippen LogP contribution in [0.25, 0.3) is 0 Å². The van der Waals surface area contributed by atoms with Crippen LogP contribution in [0.1, 0.15) is 25.7 Å². The summed E-state index contributed by atoms with van der Waals surface area (Å²) in [5, 5.41) is 9.27. The summed E-state index contributed by atoms with van der Waals surface area (Å²) in [5.74, 6) is 0. The van der Waals surface area contributed by atoms with Crippen LogP contribution in [0.3, 0.4) is 0 Å². The van der Waals surface area contributed by atoms with Gasteiger partial charge >= 0.3 is 0 Å². The second-order valence-electron chi connectivity index (χ2n) is 3.92. The van der Waals surface area contributed by atoms with E-state index in [2.05, 4.69) is 11.0 Å². The summed E-state index contributed by atoms with van der Waals surface area (Å²) in [6.45, 7) is 3.02. The molecule has 0 aromatic rings. The van der Waals surface area contributed by atoms with Gasteiger partial charge in [-0.05, 0) is 25.7 Å². The van der Waals surface area contributed by atoms with Crippen molar-refractivity contribution in [1.29, 1.82) is 0 Å². The first-order valence-corrected chi connectivity index (χ1v) is 4.93. The molecule has 1 unspecified atom stereocenters. The third-order valence-corrected chi connectivity index (χ3v) is 2.88. The number of β-amino-alcohol motifs (C(OH)–C–C–N with tert-alkyl or cyclic N) is 1. The van der Waals surface area contributed by atoms with Gasteiger partial charge in [-0.3, -0.25) is 4.90 Å². The predicted molar refractivity (Wildman–Crippen MR) is 49.0 cm³/mol. The molecule has 1 heterocycles. The number of allylic oxidation sites excluding steroid dienone is 1. The molecule has 0 aromatic carbocycles. The van der Waals surface area contributed by atoms with E-state index in [0.29, 0.717) is 0 Å². The number of aliphatic hydroxyl groups excluding tert-OH is 1. The van der Waals surface area contributed by atoms with Gasteiger partial charge in [-0.2, -0.15) is 0 Å². The summed E-state index contributed by atoms with van der Waals surface area (Å²) >= 11 is 0. The molecule has 0 bridgehead atoms. The zero-order valence-electron chi connectivity index (χ0n) is 7.50. The Morgan fingerprint density at radius 2 is 2.33 bits per heavy atom. The van der Waals surface area contributed by atoms with Gasteiger partial charge in [-0.15, -0.1) is 0 Å². The highest BCUT2D eigenvalue weighted by atomic mass is 16.3. The summed E-state index contributed by atoms with van der Waals surface area (Å²) in [5.41, 5.74) is 1.62. The molecule has 1 atom stereocenters. The molecule has 0 radical (unpaired) electrons. The van der Waals surface area contributed by atoms with Gasteiger partial charge in [0.25, 0.3) is 0 Å². The SMILES string of the molecule is OC1CCN(CC=C2CCC2)C1. The molecule has 1 saturated heterocycles. The lowest BCUT2D eigenvalue weighted by Gasteiger charge is -2.18. The van der Waals surface area contributed by atoms with E-state index in [0.717, 1.165) is 26.1 Å². The highest BCUT2D eigenvalue weighted by molar-refractivity contribution is 5.10. The molecular weight excluding hydrogens is 150 g/mol. The maximum absolute atomic E-state index is 9.27. The number of nitrogens with zero attached hydrogens (tertiary/aromatic N) is 1. The lowest BCUT2D eigenvalue weighted by Crippen LogP contribution is -2.22. The molecule has 2 rings (SSSR count). The molecule has 0 amide bonds. The van der Waals surface area contributed by atoms with E-state index < -0.39 is 0 Å². The highest BCUT2D eigenvalue weighted by Crippen LogP contribution is 2.25. The van der Waals surface area contributed by atoms with Crippen molar-refractivity contribution >= 4 is 0 Å². The summed E-state index contributed by atoms with van der Waals surface area (Å²) < 4.78 is 0. The summed E-state index contributed by atoms with van der Waals surface area (Å²) in [4.78, 5) is 2.33. The number of likely N-dealkylation sites (tertiary alicyclic amines) is 1. The molecule has 0 spiro atoms. The van der Waals surface area contributed by atoms with Crippen LogP contribution in [0.15, 0.2) is 11.6 Å². The van der Waals surface area contributed by atoms with Gasteiger partial charge in [0.05, 0.1) is 6.10 Å². The lowest BCUT2D eigenvalue weighted by molar-refractivity contribution is 0.179. The Balaban J connectivity index is 1.72. The minimum Gasteiger partial charge on any atom is -0.392 e. The first-order chi connectivity index (χ1) is 5.84. The van der Waals surface area contributed by atoms with Crippen molar-refractivity contribution in [3.63, 3.8) is 0 Å². The quantitative estimate of drug-likeness (QED) is 0.624. The van der Waals surface area contributed by atoms with Crippen molar-refractivity contribution in [3.8, 4) is 0 Å². The maximum atomic E-state index is 9.27. The first-order valence-electron chi connectivity index (χ1n) is 4.93. The van der Waals surface area contributed by atoms with E-state index in [1.54, 1.807) is 5.57 Å². The standard InChI is InChI=1S/C10H17NO/c12-10-5-7-11(8-10)6-4-9-2-1-3-9/h4,10,12H,1-3,5-8H2. The molecule has 0 aromatic heterocycles.